The fourth-order valence-corrected chi connectivity index (χ4v) is 4.66. The predicted octanol–water partition coefficient (Wildman–Crippen LogP) is 4.21. The molecule has 1 saturated heterocycles. The third-order valence-electron chi connectivity index (χ3n) is 5.86. The lowest BCUT2D eigenvalue weighted by Gasteiger charge is -2.32. The average molecular weight is 406 g/mol. The van der Waals surface area contributed by atoms with Crippen molar-refractivity contribution >= 4 is 34.1 Å². The number of para-hydroxylation sites is 1. The first kappa shape index (κ1) is 18.3. The number of rotatable bonds is 4. The lowest BCUT2D eigenvalue weighted by atomic mass is 10.0. The summed E-state index contributed by atoms with van der Waals surface area (Å²) >= 11 is 1.52. The second-order valence-corrected chi connectivity index (χ2v) is 8.72. The van der Waals surface area contributed by atoms with E-state index in [2.05, 4.69) is 5.32 Å². The van der Waals surface area contributed by atoms with Gasteiger partial charge in [0.2, 0.25) is 0 Å². The third-order valence-corrected chi connectivity index (χ3v) is 6.55. The van der Waals surface area contributed by atoms with Crippen molar-refractivity contribution in [3.63, 3.8) is 0 Å². The van der Waals surface area contributed by atoms with Gasteiger partial charge in [0.15, 0.2) is 0 Å². The molecule has 2 fully saturated rings. The molecule has 0 atom stereocenters. The second-order valence-electron chi connectivity index (χ2n) is 7.94. The van der Waals surface area contributed by atoms with Crippen LogP contribution >= 0.6 is 11.3 Å². The molecule has 1 saturated carbocycles. The Labute approximate surface area is 173 Å². The smallest absolute Gasteiger partial charge is 0.254 e. The van der Waals surface area contributed by atoms with E-state index in [1.165, 1.54) is 11.3 Å². The molecule has 0 unspecified atom stereocenters. The number of piperidine rings is 1. The van der Waals surface area contributed by atoms with Gasteiger partial charge in [-0.2, -0.15) is 11.3 Å². The number of thiophene rings is 1. The maximum absolute atomic E-state index is 13.3. The maximum atomic E-state index is 13.3. The Balaban J connectivity index is 1.30. The van der Waals surface area contributed by atoms with Gasteiger partial charge in [0, 0.05) is 47.1 Å². The van der Waals surface area contributed by atoms with Crippen molar-refractivity contribution < 1.29 is 9.59 Å². The second kappa shape index (κ2) is 7.59. The highest BCUT2D eigenvalue weighted by molar-refractivity contribution is 7.08. The van der Waals surface area contributed by atoms with Crippen LogP contribution in [-0.4, -0.2) is 40.8 Å². The molecule has 29 heavy (non-hydrogen) atoms. The predicted molar refractivity (Wildman–Crippen MR) is 114 cm³/mol. The molecule has 1 aliphatic heterocycles. The zero-order valence-electron chi connectivity index (χ0n) is 16.1. The third kappa shape index (κ3) is 3.77. The molecule has 1 aromatic carbocycles. The van der Waals surface area contributed by atoms with E-state index in [9.17, 15) is 9.59 Å². The standard InChI is InChI=1S/C23H23N3O2S/c27-22(16-9-12-29-14-16)24-17-7-10-26(11-8-17)23(28)19-13-21(15-5-6-15)25-20-4-2-1-3-18(19)20/h1-4,9,12-15,17H,5-8,10-11H2,(H,24,27). The fourth-order valence-electron chi connectivity index (χ4n) is 4.02. The van der Waals surface area contributed by atoms with E-state index >= 15 is 0 Å². The van der Waals surface area contributed by atoms with Crippen LogP contribution in [0.25, 0.3) is 10.9 Å². The molecule has 2 aliphatic rings. The summed E-state index contributed by atoms with van der Waals surface area (Å²) in [5.41, 5.74) is 3.42. The van der Waals surface area contributed by atoms with Crippen LogP contribution in [0.5, 0.6) is 0 Å². The number of amides is 2. The van der Waals surface area contributed by atoms with Gasteiger partial charge < -0.3 is 10.2 Å². The van der Waals surface area contributed by atoms with Gasteiger partial charge in [-0.05, 0) is 49.3 Å². The number of pyridine rings is 1. The zero-order chi connectivity index (χ0) is 19.8. The van der Waals surface area contributed by atoms with Crippen LogP contribution in [0.1, 0.15) is 58.0 Å². The first-order valence-electron chi connectivity index (χ1n) is 10.2. The van der Waals surface area contributed by atoms with Crippen molar-refractivity contribution in [2.45, 2.75) is 37.6 Å². The average Bonchev–Trinajstić information content (AvgIpc) is 3.46. The van der Waals surface area contributed by atoms with E-state index in [0.717, 1.165) is 47.8 Å². The Morgan fingerprint density at radius 3 is 2.59 bits per heavy atom. The van der Waals surface area contributed by atoms with Crippen molar-refractivity contribution in [2.75, 3.05) is 13.1 Å². The quantitative estimate of drug-likeness (QED) is 0.707. The van der Waals surface area contributed by atoms with Gasteiger partial charge in [-0.1, -0.05) is 18.2 Å². The van der Waals surface area contributed by atoms with Gasteiger partial charge in [0.1, 0.15) is 0 Å². The van der Waals surface area contributed by atoms with Crippen molar-refractivity contribution in [3.8, 4) is 0 Å². The van der Waals surface area contributed by atoms with Crippen molar-refractivity contribution in [1.82, 2.24) is 15.2 Å². The van der Waals surface area contributed by atoms with Gasteiger partial charge in [-0.15, -0.1) is 0 Å². The van der Waals surface area contributed by atoms with E-state index in [0.29, 0.717) is 24.6 Å². The molecular weight excluding hydrogens is 382 g/mol. The van der Waals surface area contributed by atoms with Crippen LogP contribution < -0.4 is 5.32 Å². The summed E-state index contributed by atoms with van der Waals surface area (Å²) in [5.74, 6) is 0.558. The van der Waals surface area contributed by atoms with Gasteiger partial charge in [-0.3, -0.25) is 14.6 Å². The first-order valence-corrected chi connectivity index (χ1v) is 11.2. The Hall–Kier alpha value is -2.73. The topological polar surface area (TPSA) is 62.3 Å². The molecule has 2 amide bonds. The van der Waals surface area contributed by atoms with E-state index in [1.54, 1.807) is 0 Å². The van der Waals surface area contributed by atoms with Crippen LogP contribution in [0.3, 0.4) is 0 Å². The Kier molecular flexibility index (Phi) is 4.79. The molecule has 0 bridgehead atoms. The molecule has 3 heterocycles. The minimum Gasteiger partial charge on any atom is -0.349 e. The Morgan fingerprint density at radius 1 is 1.07 bits per heavy atom. The summed E-state index contributed by atoms with van der Waals surface area (Å²) in [4.78, 5) is 32.3. The van der Waals surface area contributed by atoms with Gasteiger partial charge in [0.05, 0.1) is 11.1 Å². The maximum Gasteiger partial charge on any atom is 0.254 e. The number of hydrogen-bond donors (Lipinski definition) is 1. The summed E-state index contributed by atoms with van der Waals surface area (Å²) < 4.78 is 0. The molecule has 0 spiro atoms. The molecule has 5 rings (SSSR count). The highest BCUT2D eigenvalue weighted by Crippen LogP contribution is 2.40. The zero-order valence-corrected chi connectivity index (χ0v) is 17.0. The summed E-state index contributed by atoms with van der Waals surface area (Å²) in [5, 5.41) is 7.80. The molecule has 0 radical (unpaired) electrons. The SMILES string of the molecule is O=C(NC1CCN(C(=O)c2cc(C3CC3)nc3ccccc23)CC1)c1ccsc1. The number of benzene rings is 1. The van der Waals surface area contributed by atoms with Crippen molar-refractivity contribution in [1.29, 1.82) is 0 Å². The summed E-state index contributed by atoms with van der Waals surface area (Å²) in [6.07, 6.45) is 3.88. The number of carbonyl (C=O) groups excluding carboxylic acids is 2. The van der Waals surface area contributed by atoms with E-state index in [1.807, 2.05) is 52.1 Å². The minimum absolute atomic E-state index is 0.0229. The highest BCUT2D eigenvalue weighted by Gasteiger charge is 2.29. The lowest BCUT2D eigenvalue weighted by Crippen LogP contribution is -2.46. The summed E-state index contributed by atoms with van der Waals surface area (Å²) in [6.45, 7) is 1.31. The van der Waals surface area contributed by atoms with Crippen molar-refractivity contribution in [3.05, 3.63) is 64.0 Å². The molecular formula is C23H23N3O2S. The molecule has 5 nitrogen and oxygen atoms in total. The number of likely N-dealkylation sites (tertiary alicyclic amines) is 1. The van der Waals surface area contributed by atoms with Crippen LogP contribution in [-0.2, 0) is 0 Å². The van der Waals surface area contributed by atoms with Crippen LogP contribution in [0, 0.1) is 0 Å². The molecule has 3 aromatic rings. The highest BCUT2D eigenvalue weighted by atomic mass is 32.1. The lowest BCUT2D eigenvalue weighted by molar-refractivity contribution is 0.0700. The van der Waals surface area contributed by atoms with Crippen LogP contribution in [0.15, 0.2) is 47.2 Å². The van der Waals surface area contributed by atoms with E-state index in [4.69, 9.17) is 4.98 Å². The fraction of sp³-hybridized carbons (Fsp3) is 0.348. The Bertz CT molecular complexity index is 1050. The van der Waals surface area contributed by atoms with Crippen molar-refractivity contribution in [2.24, 2.45) is 0 Å². The molecule has 1 N–H and O–H groups in total. The van der Waals surface area contributed by atoms with E-state index < -0.39 is 0 Å². The number of aromatic nitrogens is 1. The van der Waals surface area contributed by atoms with Crippen LogP contribution in [0.4, 0.5) is 0 Å². The number of nitrogens with zero attached hydrogens (tertiary/aromatic N) is 2. The number of carbonyl (C=O) groups is 2. The summed E-state index contributed by atoms with van der Waals surface area (Å²) in [6, 6.07) is 11.9. The van der Waals surface area contributed by atoms with Gasteiger partial charge >= 0.3 is 0 Å². The van der Waals surface area contributed by atoms with Crippen LogP contribution in [0.2, 0.25) is 0 Å². The molecule has 1 aliphatic carbocycles. The number of nitrogens with one attached hydrogen (secondary N) is 1. The number of hydrogen-bond acceptors (Lipinski definition) is 4. The van der Waals surface area contributed by atoms with E-state index in [-0.39, 0.29) is 17.9 Å². The molecule has 2 aromatic heterocycles. The minimum atomic E-state index is -0.0229. The first-order chi connectivity index (χ1) is 14.2. The van der Waals surface area contributed by atoms with Gasteiger partial charge in [-0.25, -0.2) is 0 Å². The molecule has 148 valence electrons. The summed E-state index contributed by atoms with van der Waals surface area (Å²) in [7, 11) is 0. The Morgan fingerprint density at radius 2 is 1.86 bits per heavy atom. The monoisotopic (exact) mass is 405 g/mol. The molecule has 6 heteroatoms. The largest absolute Gasteiger partial charge is 0.349 e. The van der Waals surface area contributed by atoms with Gasteiger partial charge in [0.25, 0.3) is 11.8 Å². The normalized spacial score (nSPS) is 17.4. The number of fused-ring (bicyclic) bond motifs is 1.